The molecule has 7 nitrogen and oxygen atoms in total. The molecule has 2 aliphatic rings. The van der Waals surface area contributed by atoms with Gasteiger partial charge in [-0.2, -0.15) is 0 Å². The number of nitro benzene ring substituents is 1. The van der Waals surface area contributed by atoms with Gasteiger partial charge in [0, 0.05) is 44.6 Å². The second-order valence-electron chi connectivity index (χ2n) is 7.30. The zero-order chi connectivity index (χ0) is 18.2. The maximum atomic E-state index is 12.9. The van der Waals surface area contributed by atoms with Gasteiger partial charge in [0.05, 0.1) is 4.92 Å². The topological polar surface area (TPSA) is 83.8 Å². The van der Waals surface area contributed by atoms with Crippen LogP contribution in [0.5, 0.6) is 0 Å². The van der Waals surface area contributed by atoms with Crippen molar-refractivity contribution in [1.82, 2.24) is 9.80 Å². The SMILES string of the molecule is CC(=O)N1CCCC2(CCN(C(=O)c3cc(C)ccc3[N+](=O)[O-])C2)C1. The van der Waals surface area contributed by atoms with Gasteiger partial charge in [0.2, 0.25) is 5.91 Å². The lowest BCUT2D eigenvalue weighted by Crippen LogP contribution is -2.47. The maximum absolute atomic E-state index is 12.9. The number of likely N-dealkylation sites (tertiary alicyclic amines) is 2. The first-order valence-electron chi connectivity index (χ1n) is 8.61. The molecule has 2 aliphatic heterocycles. The molecule has 0 bridgehead atoms. The summed E-state index contributed by atoms with van der Waals surface area (Å²) in [4.78, 5) is 38.9. The number of hydrogen-bond acceptors (Lipinski definition) is 4. The van der Waals surface area contributed by atoms with E-state index in [4.69, 9.17) is 0 Å². The van der Waals surface area contributed by atoms with Gasteiger partial charge in [-0.05, 0) is 37.8 Å². The number of amides is 2. The first kappa shape index (κ1) is 17.4. The molecule has 0 saturated carbocycles. The van der Waals surface area contributed by atoms with Crippen LogP contribution in [0.3, 0.4) is 0 Å². The van der Waals surface area contributed by atoms with E-state index in [2.05, 4.69) is 0 Å². The summed E-state index contributed by atoms with van der Waals surface area (Å²) in [5.74, 6) is -0.217. The van der Waals surface area contributed by atoms with E-state index in [1.165, 1.54) is 6.07 Å². The number of nitro groups is 1. The van der Waals surface area contributed by atoms with Crippen molar-refractivity contribution in [2.75, 3.05) is 26.2 Å². The maximum Gasteiger partial charge on any atom is 0.282 e. The molecule has 0 aliphatic carbocycles. The third kappa shape index (κ3) is 3.36. The van der Waals surface area contributed by atoms with Gasteiger partial charge in [0.15, 0.2) is 0 Å². The van der Waals surface area contributed by atoms with E-state index in [-0.39, 0.29) is 28.5 Å². The van der Waals surface area contributed by atoms with Crippen molar-refractivity contribution < 1.29 is 14.5 Å². The zero-order valence-corrected chi connectivity index (χ0v) is 14.7. The molecule has 0 N–H and O–H groups in total. The Kier molecular flexibility index (Phi) is 4.49. The molecule has 134 valence electrons. The van der Waals surface area contributed by atoms with Crippen LogP contribution in [0.25, 0.3) is 0 Å². The second-order valence-corrected chi connectivity index (χ2v) is 7.30. The average molecular weight is 345 g/mol. The number of carbonyl (C=O) groups excluding carboxylic acids is 2. The molecule has 0 radical (unpaired) electrons. The van der Waals surface area contributed by atoms with Crippen LogP contribution in [0.15, 0.2) is 18.2 Å². The van der Waals surface area contributed by atoms with E-state index in [1.807, 2.05) is 11.8 Å². The summed E-state index contributed by atoms with van der Waals surface area (Å²) in [6.45, 7) is 5.97. The molecule has 2 saturated heterocycles. The van der Waals surface area contributed by atoms with Gasteiger partial charge in [-0.25, -0.2) is 0 Å². The van der Waals surface area contributed by atoms with Crippen molar-refractivity contribution in [2.24, 2.45) is 5.41 Å². The summed E-state index contributed by atoms with van der Waals surface area (Å²) < 4.78 is 0. The minimum atomic E-state index is -0.503. The van der Waals surface area contributed by atoms with Crippen molar-refractivity contribution in [3.63, 3.8) is 0 Å². The van der Waals surface area contributed by atoms with Crippen LogP contribution in [0.1, 0.15) is 42.1 Å². The van der Waals surface area contributed by atoms with Crippen molar-refractivity contribution in [2.45, 2.75) is 33.1 Å². The zero-order valence-electron chi connectivity index (χ0n) is 14.7. The predicted molar refractivity (Wildman–Crippen MR) is 92.3 cm³/mol. The summed E-state index contributed by atoms with van der Waals surface area (Å²) in [5.41, 5.74) is 0.758. The summed E-state index contributed by atoms with van der Waals surface area (Å²) in [6.07, 6.45) is 2.75. The van der Waals surface area contributed by atoms with E-state index < -0.39 is 4.92 Å². The van der Waals surface area contributed by atoms with Crippen LogP contribution in [-0.2, 0) is 4.79 Å². The lowest BCUT2D eigenvalue weighted by molar-refractivity contribution is -0.385. The highest BCUT2D eigenvalue weighted by Gasteiger charge is 2.44. The summed E-state index contributed by atoms with van der Waals surface area (Å²) in [6, 6.07) is 4.63. The number of nitrogens with zero attached hydrogens (tertiary/aromatic N) is 3. The third-order valence-corrected chi connectivity index (χ3v) is 5.41. The number of piperidine rings is 1. The number of hydrogen-bond donors (Lipinski definition) is 0. The van der Waals surface area contributed by atoms with Gasteiger partial charge in [-0.15, -0.1) is 0 Å². The van der Waals surface area contributed by atoms with Crippen LogP contribution in [-0.4, -0.2) is 52.7 Å². The highest BCUT2D eigenvalue weighted by atomic mass is 16.6. The predicted octanol–water partition coefficient (Wildman–Crippen LogP) is 2.38. The molecule has 0 aromatic heterocycles. The molecular weight excluding hydrogens is 322 g/mol. The Balaban J connectivity index is 1.81. The minimum absolute atomic E-state index is 0.0678. The Morgan fingerprint density at radius 1 is 1.16 bits per heavy atom. The van der Waals surface area contributed by atoms with Crippen molar-refractivity contribution in [3.8, 4) is 0 Å². The first-order chi connectivity index (χ1) is 11.8. The minimum Gasteiger partial charge on any atom is -0.342 e. The number of rotatable bonds is 2. The molecule has 2 heterocycles. The molecule has 1 spiro atoms. The van der Waals surface area contributed by atoms with E-state index in [0.29, 0.717) is 19.6 Å². The fraction of sp³-hybridized carbons (Fsp3) is 0.556. The van der Waals surface area contributed by atoms with E-state index in [0.717, 1.165) is 31.4 Å². The Hall–Kier alpha value is -2.44. The van der Waals surface area contributed by atoms with Gasteiger partial charge < -0.3 is 9.80 Å². The fourth-order valence-electron chi connectivity index (χ4n) is 4.07. The Labute approximate surface area is 146 Å². The Morgan fingerprint density at radius 2 is 1.88 bits per heavy atom. The summed E-state index contributed by atoms with van der Waals surface area (Å²) >= 11 is 0. The second kappa shape index (κ2) is 6.46. The lowest BCUT2D eigenvalue weighted by atomic mass is 9.79. The van der Waals surface area contributed by atoms with Crippen molar-refractivity contribution in [1.29, 1.82) is 0 Å². The quantitative estimate of drug-likeness (QED) is 0.608. The molecule has 25 heavy (non-hydrogen) atoms. The van der Waals surface area contributed by atoms with Gasteiger partial charge in [-0.1, -0.05) is 6.07 Å². The fourth-order valence-corrected chi connectivity index (χ4v) is 4.07. The van der Waals surface area contributed by atoms with Crippen LogP contribution in [0.2, 0.25) is 0 Å². The first-order valence-corrected chi connectivity index (χ1v) is 8.61. The monoisotopic (exact) mass is 345 g/mol. The average Bonchev–Trinajstić information content (AvgIpc) is 2.97. The Morgan fingerprint density at radius 3 is 2.56 bits per heavy atom. The molecule has 2 amide bonds. The van der Waals surface area contributed by atoms with E-state index in [1.54, 1.807) is 24.0 Å². The van der Waals surface area contributed by atoms with Crippen molar-refractivity contribution in [3.05, 3.63) is 39.4 Å². The lowest BCUT2D eigenvalue weighted by Gasteiger charge is -2.40. The van der Waals surface area contributed by atoms with Crippen LogP contribution in [0.4, 0.5) is 5.69 Å². The van der Waals surface area contributed by atoms with E-state index >= 15 is 0 Å². The number of aryl methyl sites for hydroxylation is 1. The van der Waals surface area contributed by atoms with Gasteiger partial charge in [0.25, 0.3) is 11.6 Å². The standard InChI is InChI=1S/C18H23N3O4/c1-13-4-5-16(21(24)25)15(10-13)17(23)20-9-7-18(12-20)6-3-8-19(11-18)14(2)22/h4-5,10H,3,6-9,11-12H2,1-2H3. The third-order valence-electron chi connectivity index (χ3n) is 5.41. The summed E-state index contributed by atoms with van der Waals surface area (Å²) in [7, 11) is 0. The molecule has 1 aromatic rings. The molecular formula is C18H23N3O4. The van der Waals surface area contributed by atoms with Gasteiger partial charge in [0.1, 0.15) is 5.56 Å². The highest BCUT2D eigenvalue weighted by molar-refractivity contribution is 5.98. The molecule has 7 heteroatoms. The van der Waals surface area contributed by atoms with Gasteiger partial charge in [-0.3, -0.25) is 19.7 Å². The molecule has 1 aromatic carbocycles. The van der Waals surface area contributed by atoms with E-state index in [9.17, 15) is 19.7 Å². The normalized spacial score (nSPS) is 23.1. The Bertz CT molecular complexity index is 733. The van der Waals surface area contributed by atoms with Crippen LogP contribution >= 0.6 is 0 Å². The summed E-state index contributed by atoms with van der Waals surface area (Å²) in [5, 5.41) is 11.3. The highest BCUT2D eigenvalue weighted by Crippen LogP contribution is 2.40. The molecule has 3 rings (SSSR count). The van der Waals surface area contributed by atoms with Crippen molar-refractivity contribution >= 4 is 17.5 Å². The van der Waals surface area contributed by atoms with Crippen LogP contribution in [0, 0.1) is 22.5 Å². The van der Waals surface area contributed by atoms with Crippen LogP contribution < -0.4 is 0 Å². The van der Waals surface area contributed by atoms with Gasteiger partial charge >= 0.3 is 0 Å². The number of benzene rings is 1. The molecule has 1 atom stereocenters. The molecule has 1 unspecified atom stereocenters. The largest absolute Gasteiger partial charge is 0.342 e. The number of carbonyl (C=O) groups is 2. The smallest absolute Gasteiger partial charge is 0.282 e. The molecule has 2 fully saturated rings.